The first-order chi connectivity index (χ1) is 15.7. The number of hydrogen-bond donors (Lipinski definition) is 1. The fourth-order valence-electron chi connectivity index (χ4n) is 4.57. The van der Waals surface area contributed by atoms with Gasteiger partial charge in [-0.25, -0.2) is 8.42 Å². The Hall–Kier alpha value is -2.73. The normalized spacial score (nSPS) is 20.7. The van der Waals surface area contributed by atoms with Crippen LogP contribution in [0.1, 0.15) is 53.4 Å². The second kappa shape index (κ2) is 9.26. The number of nitrogens with zero attached hydrogens (tertiary/aromatic N) is 4. The molecule has 0 radical (unpaired) electrons. The van der Waals surface area contributed by atoms with Crippen molar-refractivity contribution in [2.75, 3.05) is 26.2 Å². The Morgan fingerprint density at radius 3 is 2.39 bits per heavy atom. The first-order valence-electron chi connectivity index (χ1n) is 11.1. The van der Waals surface area contributed by atoms with E-state index in [4.69, 9.17) is 9.05 Å². The lowest BCUT2D eigenvalue weighted by molar-refractivity contribution is -0.137. The summed E-state index contributed by atoms with van der Waals surface area (Å²) in [4.78, 5) is 27.3. The van der Waals surface area contributed by atoms with Crippen molar-refractivity contribution >= 4 is 21.8 Å². The summed E-state index contributed by atoms with van der Waals surface area (Å²) in [5.41, 5.74) is 0.568. The predicted octanol–water partition coefficient (Wildman–Crippen LogP) is 1.41. The molecule has 2 amide bonds. The lowest BCUT2D eigenvalue weighted by Crippen LogP contribution is -2.51. The molecule has 2 aromatic heterocycles. The van der Waals surface area contributed by atoms with Crippen LogP contribution >= 0.6 is 0 Å². The molecule has 180 valence electrons. The minimum atomic E-state index is -3.78. The van der Waals surface area contributed by atoms with Gasteiger partial charge in [-0.3, -0.25) is 9.59 Å². The number of nitrogens with one attached hydrogen (secondary N) is 1. The van der Waals surface area contributed by atoms with E-state index in [9.17, 15) is 18.0 Å². The van der Waals surface area contributed by atoms with Crippen LogP contribution in [0.25, 0.3) is 0 Å². The number of amides is 2. The average Bonchev–Trinajstić information content (AvgIpc) is 3.39. The van der Waals surface area contributed by atoms with E-state index < -0.39 is 15.9 Å². The molecule has 2 aliphatic heterocycles. The topological polar surface area (TPSA) is 139 Å². The van der Waals surface area contributed by atoms with Crippen LogP contribution in [0.4, 0.5) is 0 Å². The van der Waals surface area contributed by atoms with Gasteiger partial charge in [0.2, 0.25) is 15.9 Å². The second-order valence-corrected chi connectivity index (χ2v) is 10.6. The van der Waals surface area contributed by atoms with Gasteiger partial charge in [0.1, 0.15) is 16.3 Å². The summed E-state index contributed by atoms with van der Waals surface area (Å²) in [5, 5.41) is 10.4. The van der Waals surface area contributed by atoms with Crippen LogP contribution in [-0.4, -0.2) is 72.0 Å². The molecule has 12 heteroatoms. The standard InChI is InChI=1S/C21H29N5O6S/c1-13-11-18(24-31-13)20(27)22-17-6-9-25(10-7-17)21(28)16-5-4-8-26(12-16)33(29,30)19-14(2)23-32-15(19)3/h11,16-17H,4-10,12H2,1-3H3,(H,22,27)/t16-/m1/s1. The number of aryl methyl sites for hydroxylation is 3. The van der Waals surface area contributed by atoms with E-state index in [2.05, 4.69) is 15.6 Å². The van der Waals surface area contributed by atoms with Crippen LogP contribution in [0, 0.1) is 26.7 Å². The molecule has 0 aromatic carbocycles. The Morgan fingerprint density at radius 1 is 1.06 bits per heavy atom. The number of carbonyl (C=O) groups excluding carboxylic acids is 2. The van der Waals surface area contributed by atoms with Gasteiger partial charge in [0.25, 0.3) is 5.91 Å². The number of likely N-dealkylation sites (tertiary alicyclic amines) is 1. The fourth-order valence-corrected chi connectivity index (χ4v) is 6.38. The van der Waals surface area contributed by atoms with E-state index >= 15 is 0 Å². The average molecular weight is 480 g/mol. The van der Waals surface area contributed by atoms with Gasteiger partial charge in [0.15, 0.2) is 11.5 Å². The van der Waals surface area contributed by atoms with Crippen LogP contribution in [0.2, 0.25) is 0 Å². The molecule has 1 N–H and O–H groups in total. The van der Waals surface area contributed by atoms with Gasteiger partial charge in [0, 0.05) is 38.3 Å². The minimum absolute atomic E-state index is 0.0365. The van der Waals surface area contributed by atoms with E-state index in [1.165, 1.54) is 4.31 Å². The zero-order valence-electron chi connectivity index (χ0n) is 19.0. The van der Waals surface area contributed by atoms with Crippen LogP contribution in [0.15, 0.2) is 20.0 Å². The van der Waals surface area contributed by atoms with Crippen molar-refractivity contribution in [3.8, 4) is 0 Å². The Labute approximate surface area is 192 Å². The van der Waals surface area contributed by atoms with Crippen molar-refractivity contribution in [3.05, 3.63) is 29.0 Å². The SMILES string of the molecule is Cc1cc(C(=O)NC2CCN(C(=O)[C@@H]3CCCN(S(=O)(=O)c4c(C)noc4C)C3)CC2)no1. The van der Waals surface area contributed by atoms with E-state index in [0.29, 0.717) is 56.8 Å². The number of sulfonamides is 1. The highest BCUT2D eigenvalue weighted by Crippen LogP contribution is 2.29. The molecule has 0 bridgehead atoms. The molecule has 11 nitrogen and oxygen atoms in total. The van der Waals surface area contributed by atoms with Crippen molar-refractivity contribution in [2.45, 2.75) is 57.4 Å². The highest BCUT2D eigenvalue weighted by molar-refractivity contribution is 7.89. The fraction of sp³-hybridized carbons (Fsp3) is 0.619. The van der Waals surface area contributed by atoms with Gasteiger partial charge in [-0.1, -0.05) is 10.3 Å². The summed E-state index contributed by atoms with van der Waals surface area (Å²) >= 11 is 0. The van der Waals surface area contributed by atoms with Crippen LogP contribution in [0.3, 0.4) is 0 Å². The van der Waals surface area contributed by atoms with Crippen molar-refractivity contribution < 1.29 is 27.1 Å². The molecular weight excluding hydrogens is 450 g/mol. The van der Waals surface area contributed by atoms with Crippen molar-refractivity contribution in [1.29, 1.82) is 0 Å². The van der Waals surface area contributed by atoms with Gasteiger partial charge in [0.05, 0.1) is 5.92 Å². The van der Waals surface area contributed by atoms with Gasteiger partial charge in [-0.05, 0) is 46.5 Å². The third-order valence-corrected chi connectivity index (χ3v) is 8.41. The van der Waals surface area contributed by atoms with Crippen LogP contribution in [-0.2, 0) is 14.8 Å². The Morgan fingerprint density at radius 2 is 1.79 bits per heavy atom. The molecule has 0 unspecified atom stereocenters. The summed E-state index contributed by atoms with van der Waals surface area (Å²) in [6, 6.07) is 1.53. The van der Waals surface area contributed by atoms with Gasteiger partial charge >= 0.3 is 0 Å². The maximum Gasteiger partial charge on any atom is 0.273 e. The first kappa shape index (κ1) is 23.4. The van der Waals surface area contributed by atoms with E-state index in [-0.39, 0.29) is 40.8 Å². The molecule has 33 heavy (non-hydrogen) atoms. The quantitative estimate of drug-likeness (QED) is 0.679. The van der Waals surface area contributed by atoms with Gasteiger partial charge in [-0.2, -0.15) is 4.31 Å². The maximum atomic E-state index is 13.2. The molecule has 0 saturated carbocycles. The zero-order chi connectivity index (χ0) is 23.8. The first-order valence-corrected chi connectivity index (χ1v) is 12.6. The number of carbonyl (C=O) groups is 2. The Bertz CT molecular complexity index is 1110. The number of piperidine rings is 2. The Balaban J connectivity index is 1.34. The van der Waals surface area contributed by atoms with Crippen molar-refractivity contribution in [2.24, 2.45) is 5.92 Å². The van der Waals surface area contributed by atoms with E-state index in [1.54, 1.807) is 31.7 Å². The summed E-state index contributed by atoms with van der Waals surface area (Å²) in [7, 11) is -3.78. The molecule has 2 saturated heterocycles. The highest BCUT2D eigenvalue weighted by Gasteiger charge is 2.38. The predicted molar refractivity (Wildman–Crippen MR) is 116 cm³/mol. The second-order valence-electron chi connectivity index (χ2n) is 8.75. The van der Waals surface area contributed by atoms with Crippen LogP contribution in [0.5, 0.6) is 0 Å². The largest absolute Gasteiger partial charge is 0.361 e. The Kier molecular flexibility index (Phi) is 6.57. The van der Waals surface area contributed by atoms with Gasteiger partial charge < -0.3 is 19.3 Å². The number of hydrogen-bond acceptors (Lipinski definition) is 8. The van der Waals surface area contributed by atoms with Gasteiger partial charge in [-0.15, -0.1) is 0 Å². The summed E-state index contributed by atoms with van der Waals surface area (Å²) in [6.07, 6.45) is 2.52. The third-order valence-electron chi connectivity index (χ3n) is 6.30. The lowest BCUT2D eigenvalue weighted by Gasteiger charge is -2.37. The molecule has 0 aliphatic carbocycles. The lowest BCUT2D eigenvalue weighted by atomic mass is 9.96. The highest BCUT2D eigenvalue weighted by atomic mass is 32.2. The summed E-state index contributed by atoms with van der Waals surface area (Å²) in [6.45, 7) is 6.43. The van der Waals surface area contributed by atoms with Crippen molar-refractivity contribution in [1.82, 2.24) is 24.8 Å². The minimum Gasteiger partial charge on any atom is -0.361 e. The van der Waals surface area contributed by atoms with Crippen molar-refractivity contribution in [3.63, 3.8) is 0 Å². The smallest absolute Gasteiger partial charge is 0.273 e. The molecule has 2 aromatic rings. The number of aromatic nitrogens is 2. The molecule has 2 aliphatic rings. The molecule has 4 heterocycles. The van der Waals surface area contributed by atoms with E-state index in [1.807, 2.05) is 0 Å². The molecule has 4 rings (SSSR count). The molecule has 2 fully saturated rings. The maximum absolute atomic E-state index is 13.2. The monoisotopic (exact) mass is 479 g/mol. The molecule has 1 atom stereocenters. The summed E-state index contributed by atoms with van der Waals surface area (Å²) in [5.74, 6) is 0.109. The summed E-state index contributed by atoms with van der Waals surface area (Å²) < 4.78 is 37.6. The zero-order valence-corrected chi connectivity index (χ0v) is 19.9. The van der Waals surface area contributed by atoms with Crippen LogP contribution < -0.4 is 5.32 Å². The third kappa shape index (κ3) is 4.81. The molecular formula is C21H29N5O6S. The molecule has 0 spiro atoms. The van der Waals surface area contributed by atoms with E-state index in [0.717, 1.165) is 0 Å². The number of rotatable bonds is 5.